The highest BCUT2D eigenvalue weighted by molar-refractivity contribution is 5.85. The summed E-state index contributed by atoms with van der Waals surface area (Å²) in [6, 6.07) is 14.7. The van der Waals surface area contributed by atoms with Crippen LogP contribution in [0, 0.1) is 0 Å². The monoisotopic (exact) mass is 500 g/mol. The number of aromatic hydroxyl groups is 1. The summed E-state index contributed by atoms with van der Waals surface area (Å²) < 4.78 is 53.2. The van der Waals surface area contributed by atoms with Gasteiger partial charge in [-0.2, -0.15) is 13.2 Å². The Balaban J connectivity index is 1.59. The first-order chi connectivity index (χ1) is 17.2. The molecule has 3 aromatic carbocycles. The molecule has 6 nitrogen and oxygen atoms in total. The highest BCUT2D eigenvalue weighted by Crippen LogP contribution is 2.40. The third kappa shape index (κ3) is 4.64. The van der Waals surface area contributed by atoms with Crippen LogP contribution in [0.15, 0.2) is 63.8 Å². The van der Waals surface area contributed by atoms with E-state index in [0.29, 0.717) is 0 Å². The molecule has 1 fully saturated rings. The summed E-state index contributed by atoms with van der Waals surface area (Å²) in [6.07, 6.45) is -4.98. The van der Waals surface area contributed by atoms with E-state index in [1.54, 1.807) is 24.3 Å². The van der Waals surface area contributed by atoms with Crippen LogP contribution in [-0.2, 0) is 12.7 Å². The van der Waals surface area contributed by atoms with Crippen molar-refractivity contribution in [3.8, 4) is 17.2 Å². The van der Waals surface area contributed by atoms with E-state index in [9.17, 15) is 23.1 Å². The second kappa shape index (κ2) is 9.48. The second-order valence-electron chi connectivity index (χ2n) is 9.17. The Morgan fingerprint density at radius 1 is 0.972 bits per heavy atom. The number of likely N-dealkylation sites (N-methyl/N-ethyl adjacent to an activating group) is 1. The molecule has 9 heteroatoms. The van der Waals surface area contributed by atoms with Gasteiger partial charge in [-0.15, -0.1) is 0 Å². The van der Waals surface area contributed by atoms with Crippen molar-refractivity contribution in [3.63, 3.8) is 0 Å². The molecule has 0 spiro atoms. The van der Waals surface area contributed by atoms with Gasteiger partial charge in [-0.3, -0.25) is 4.79 Å². The number of rotatable bonds is 5. The molecule has 0 aliphatic carbocycles. The van der Waals surface area contributed by atoms with Gasteiger partial charge in [0, 0.05) is 0 Å². The minimum Gasteiger partial charge on any atom is -0.507 e. The summed E-state index contributed by atoms with van der Waals surface area (Å²) >= 11 is 0. The minimum absolute atomic E-state index is 0.0659. The van der Waals surface area contributed by atoms with Crippen molar-refractivity contribution in [2.24, 2.45) is 0 Å². The molecule has 0 amide bonds. The van der Waals surface area contributed by atoms with Crippen molar-refractivity contribution < 1.29 is 37.2 Å². The van der Waals surface area contributed by atoms with Crippen LogP contribution in [-0.4, -0.2) is 37.8 Å². The molecule has 2 heterocycles. The molecule has 1 saturated heterocycles. The normalized spacial score (nSPS) is 18.6. The van der Waals surface area contributed by atoms with Crippen LogP contribution >= 0.6 is 0 Å². The molecule has 0 unspecified atom stereocenters. The number of quaternary nitrogens is 2. The number of alkyl halides is 3. The molecule has 1 aliphatic heterocycles. The van der Waals surface area contributed by atoms with Gasteiger partial charge in [0.2, 0.25) is 11.2 Å². The Morgan fingerprint density at radius 3 is 2.36 bits per heavy atom. The van der Waals surface area contributed by atoms with Crippen molar-refractivity contribution in [3.05, 3.63) is 76.1 Å². The third-order valence-corrected chi connectivity index (χ3v) is 6.89. The van der Waals surface area contributed by atoms with E-state index >= 15 is 0 Å². The number of halogens is 3. The highest BCUT2D eigenvalue weighted by Gasteiger charge is 2.41. The van der Waals surface area contributed by atoms with E-state index < -0.39 is 23.1 Å². The lowest BCUT2D eigenvalue weighted by Gasteiger charge is -2.29. The van der Waals surface area contributed by atoms with Crippen molar-refractivity contribution in [1.29, 1.82) is 0 Å². The van der Waals surface area contributed by atoms with E-state index in [-0.39, 0.29) is 34.6 Å². The highest BCUT2D eigenvalue weighted by atomic mass is 19.4. The predicted octanol–water partition coefficient (Wildman–Crippen LogP) is 2.77. The standard InChI is InChI=1S/C27H25F3N2O4/c1-2-31-11-13-32(14-12-31)16-21-22(33)10-9-20-23(34)25(26(27(28,29)30)36-24(20)21)35-19-8-7-17-5-3-4-6-18(17)15-19/h3-10,15,33H,2,11-14,16H2,1H3/p+2. The van der Waals surface area contributed by atoms with Crippen LogP contribution in [0.3, 0.4) is 0 Å². The summed E-state index contributed by atoms with van der Waals surface area (Å²) in [5, 5.41) is 12.1. The first-order valence-electron chi connectivity index (χ1n) is 12.0. The smallest absolute Gasteiger partial charge is 0.453 e. The lowest BCUT2D eigenvalue weighted by molar-refractivity contribution is -1.02. The zero-order valence-corrected chi connectivity index (χ0v) is 19.7. The third-order valence-electron chi connectivity index (χ3n) is 6.89. The number of nitrogens with one attached hydrogen (secondary N) is 2. The summed E-state index contributed by atoms with van der Waals surface area (Å²) in [5.41, 5.74) is -0.994. The molecule has 1 aromatic heterocycles. The maximum atomic E-state index is 14.1. The SMILES string of the molecule is CC[NH+]1CC[NH+](Cc2c(O)ccc3c(=O)c(Oc4ccc5ccccc5c4)c(C(F)(F)F)oc23)CC1. The van der Waals surface area contributed by atoms with Gasteiger partial charge in [-0.05, 0) is 42.0 Å². The van der Waals surface area contributed by atoms with Crippen LogP contribution in [0.5, 0.6) is 17.2 Å². The first-order valence-corrected chi connectivity index (χ1v) is 12.0. The minimum atomic E-state index is -4.98. The van der Waals surface area contributed by atoms with Gasteiger partial charge in [0.05, 0.1) is 17.5 Å². The average molecular weight is 501 g/mol. The number of ether oxygens (including phenoxy) is 1. The maximum Gasteiger partial charge on any atom is 0.453 e. The first kappa shape index (κ1) is 24.1. The Bertz CT molecular complexity index is 1470. The molecule has 3 N–H and O–H groups in total. The molecule has 36 heavy (non-hydrogen) atoms. The fraction of sp³-hybridized carbons (Fsp3) is 0.296. The van der Waals surface area contributed by atoms with Gasteiger partial charge in [-0.25, -0.2) is 0 Å². The molecular weight excluding hydrogens is 473 g/mol. The Morgan fingerprint density at radius 2 is 1.67 bits per heavy atom. The van der Waals surface area contributed by atoms with Gasteiger partial charge < -0.3 is 24.1 Å². The predicted molar refractivity (Wildman–Crippen MR) is 129 cm³/mol. The van der Waals surface area contributed by atoms with Crippen LogP contribution < -0.4 is 20.0 Å². The number of benzene rings is 3. The number of hydrogen-bond acceptors (Lipinski definition) is 4. The van der Waals surface area contributed by atoms with Gasteiger partial charge >= 0.3 is 6.18 Å². The molecule has 0 saturated carbocycles. The molecule has 5 rings (SSSR count). The molecule has 4 aromatic rings. The Kier molecular flexibility index (Phi) is 6.36. The average Bonchev–Trinajstić information content (AvgIpc) is 2.87. The maximum absolute atomic E-state index is 14.1. The summed E-state index contributed by atoms with van der Waals surface area (Å²) in [6.45, 7) is 6.85. The second-order valence-corrected chi connectivity index (χ2v) is 9.17. The van der Waals surface area contributed by atoms with Crippen molar-refractivity contribution in [2.45, 2.75) is 19.6 Å². The van der Waals surface area contributed by atoms with E-state index in [1.165, 1.54) is 23.1 Å². The van der Waals surface area contributed by atoms with Crippen LogP contribution in [0.4, 0.5) is 13.2 Å². The molecular formula is C27H27F3N2O4+2. The van der Waals surface area contributed by atoms with E-state index in [1.807, 2.05) is 12.1 Å². The quantitative estimate of drug-likeness (QED) is 0.394. The summed E-state index contributed by atoms with van der Waals surface area (Å²) in [5.74, 6) is -2.55. The topological polar surface area (TPSA) is 68.5 Å². The van der Waals surface area contributed by atoms with Crippen molar-refractivity contribution >= 4 is 21.7 Å². The van der Waals surface area contributed by atoms with Crippen molar-refractivity contribution in [1.82, 2.24) is 0 Å². The van der Waals surface area contributed by atoms with Crippen LogP contribution in [0.2, 0.25) is 0 Å². The number of phenols is 1. The van der Waals surface area contributed by atoms with Gasteiger partial charge in [0.1, 0.15) is 44.2 Å². The molecule has 0 atom stereocenters. The Hall–Kier alpha value is -3.56. The van der Waals surface area contributed by atoms with Crippen LogP contribution in [0.25, 0.3) is 21.7 Å². The Labute approximate surface area is 205 Å². The lowest BCUT2D eigenvalue weighted by Crippen LogP contribution is -3.27. The number of phenolic OH excluding ortho intramolecular Hbond substituents is 1. The van der Waals surface area contributed by atoms with E-state index in [0.717, 1.165) is 48.4 Å². The molecule has 1 aliphatic rings. The largest absolute Gasteiger partial charge is 0.507 e. The fourth-order valence-electron chi connectivity index (χ4n) is 4.82. The summed E-state index contributed by atoms with van der Waals surface area (Å²) in [4.78, 5) is 15.9. The number of hydrogen-bond donors (Lipinski definition) is 3. The fourth-order valence-corrected chi connectivity index (χ4v) is 4.82. The molecule has 0 bridgehead atoms. The van der Waals surface area contributed by atoms with E-state index in [2.05, 4.69) is 6.92 Å². The lowest BCUT2D eigenvalue weighted by atomic mass is 10.1. The number of piperazine rings is 1. The van der Waals surface area contributed by atoms with E-state index in [4.69, 9.17) is 9.15 Å². The van der Waals surface area contributed by atoms with Gasteiger partial charge in [0.15, 0.2) is 5.58 Å². The molecule has 188 valence electrons. The van der Waals surface area contributed by atoms with Crippen LogP contribution in [0.1, 0.15) is 18.2 Å². The number of fused-ring (bicyclic) bond motifs is 2. The van der Waals surface area contributed by atoms with Gasteiger partial charge in [0.25, 0.3) is 5.76 Å². The molecule has 0 radical (unpaired) electrons. The van der Waals surface area contributed by atoms with Crippen molar-refractivity contribution in [2.75, 3.05) is 32.7 Å². The zero-order valence-electron chi connectivity index (χ0n) is 19.7. The zero-order chi connectivity index (χ0) is 25.4. The van der Waals surface area contributed by atoms with Gasteiger partial charge in [-0.1, -0.05) is 30.3 Å². The summed E-state index contributed by atoms with van der Waals surface area (Å²) in [7, 11) is 0.